The number of benzene rings is 2. The van der Waals surface area contributed by atoms with Crippen molar-refractivity contribution in [1.29, 1.82) is 0 Å². The highest BCUT2D eigenvalue weighted by Crippen LogP contribution is 2.24. The number of hydrogen-bond acceptors (Lipinski definition) is 4. The van der Waals surface area contributed by atoms with Gasteiger partial charge in [0.25, 0.3) is 11.8 Å². The van der Waals surface area contributed by atoms with Crippen molar-refractivity contribution in [1.82, 2.24) is 4.90 Å². The van der Waals surface area contributed by atoms with Crippen molar-refractivity contribution < 1.29 is 18.0 Å². The fourth-order valence-corrected chi connectivity index (χ4v) is 4.53. The van der Waals surface area contributed by atoms with Gasteiger partial charge in [-0.1, -0.05) is 29.8 Å². The van der Waals surface area contributed by atoms with Crippen LogP contribution in [0.2, 0.25) is 0 Å². The molecule has 2 amide bonds. The lowest BCUT2D eigenvalue weighted by molar-refractivity contribution is 0.0664. The van der Waals surface area contributed by atoms with Gasteiger partial charge in [-0.3, -0.25) is 18.8 Å². The minimum atomic E-state index is -3.67. The first-order valence-electron chi connectivity index (χ1n) is 8.37. The van der Waals surface area contributed by atoms with Gasteiger partial charge in [0.15, 0.2) is 0 Å². The van der Waals surface area contributed by atoms with Crippen LogP contribution in [0.4, 0.5) is 5.69 Å². The van der Waals surface area contributed by atoms with E-state index in [0.717, 1.165) is 10.5 Å². The van der Waals surface area contributed by atoms with E-state index in [9.17, 15) is 18.0 Å². The minimum absolute atomic E-state index is 0.170. The summed E-state index contributed by atoms with van der Waals surface area (Å²) in [5.41, 5.74) is 2.10. The molecule has 0 saturated heterocycles. The van der Waals surface area contributed by atoms with E-state index in [4.69, 9.17) is 0 Å². The summed E-state index contributed by atoms with van der Waals surface area (Å²) >= 11 is 0. The molecule has 0 saturated carbocycles. The summed E-state index contributed by atoms with van der Waals surface area (Å²) in [5, 5.41) is 0. The zero-order chi connectivity index (χ0) is 18.9. The standard InChI is InChI=1S/C19H20N2O4S/c1-3-21(15-7-5-4-6-8-15)26(24,25)12-11-20-18(22)16-10-9-14(2)13-17(16)19(20)23/h4-10,13H,3,11-12H2,1-2H3. The lowest BCUT2D eigenvalue weighted by Gasteiger charge is -2.24. The fourth-order valence-electron chi connectivity index (χ4n) is 3.06. The van der Waals surface area contributed by atoms with Gasteiger partial charge in [0, 0.05) is 13.1 Å². The van der Waals surface area contributed by atoms with E-state index in [1.54, 1.807) is 49.4 Å². The predicted molar refractivity (Wildman–Crippen MR) is 99.8 cm³/mol. The van der Waals surface area contributed by atoms with Crippen LogP contribution in [-0.4, -0.2) is 44.0 Å². The number of imide groups is 1. The second kappa shape index (κ2) is 6.92. The number of aryl methyl sites for hydroxylation is 1. The maximum absolute atomic E-state index is 12.7. The van der Waals surface area contributed by atoms with Gasteiger partial charge in [-0.05, 0) is 38.1 Å². The highest BCUT2D eigenvalue weighted by Gasteiger charge is 2.36. The third kappa shape index (κ3) is 3.22. The summed E-state index contributed by atoms with van der Waals surface area (Å²) < 4.78 is 26.8. The molecule has 6 nitrogen and oxygen atoms in total. The Bertz CT molecular complexity index is 955. The molecule has 0 spiro atoms. The number of anilines is 1. The Kier molecular flexibility index (Phi) is 4.82. The first kappa shape index (κ1) is 18.1. The topological polar surface area (TPSA) is 74.8 Å². The van der Waals surface area contributed by atoms with E-state index in [2.05, 4.69) is 0 Å². The molecular formula is C19H20N2O4S. The number of carbonyl (C=O) groups is 2. The highest BCUT2D eigenvalue weighted by atomic mass is 32.2. The van der Waals surface area contributed by atoms with Crippen LogP contribution in [0.15, 0.2) is 48.5 Å². The maximum atomic E-state index is 12.7. The molecular weight excluding hydrogens is 352 g/mol. The number of hydrogen-bond donors (Lipinski definition) is 0. The summed E-state index contributed by atoms with van der Waals surface area (Å²) in [5.74, 6) is -1.20. The van der Waals surface area contributed by atoms with E-state index in [1.165, 1.54) is 4.31 Å². The SMILES string of the molecule is CCN(c1ccccc1)S(=O)(=O)CCN1C(=O)c2ccc(C)cc2C1=O. The molecule has 1 aliphatic rings. The molecule has 2 aromatic carbocycles. The molecule has 3 rings (SSSR count). The van der Waals surface area contributed by atoms with Crippen molar-refractivity contribution in [3.63, 3.8) is 0 Å². The van der Waals surface area contributed by atoms with Crippen molar-refractivity contribution in [2.45, 2.75) is 13.8 Å². The Hall–Kier alpha value is -2.67. The van der Waals surface area contributed by atoms with Crippen molar-refractivity contribution in [2.24, 2.45) is 0 Å². The molecule has 0 unspecified atom stereocenters. The monoisotopic (exact) mass is 372 g/mol. The minimum Gasteiger partial charge on any atom is -0.273 e. The molecule has 136 valence electrons. The van der Waals surface area contributed by atoms with Crippen LogP contribution in [0.3, 0.4) is 0 Å². The second-order valence-corrected chi connectivity index (χ2v) is 8.14. The van der Waals surface area contributed by atoms with Gasteiger partial charge < -0.3 is 0 Å². The summed E-state index contributed by atoms with van der Waals surface area (Å²) in [6.07, 6.45) is 0. The second-order valence-electron chi connectivity index (χ2n) is 6.13. The zero-order valence-electron chi connectivity index (χ0n) is 14.7. The summed E-state index contributed by atoms with van der Waals surface area (Å²) in [4.78, 5) is 25.9. The van der Waals surface area contributed by atoms with Crippen molar-refractivity contribution in [2.75, 3.05) is 23.1 Å². The number of nitrogens with zero attached hydrogens (tertiary/aromatic N) is 2. The Balaban J connectivity index is 1.78. The van der Waals surface area contributed by atoms with E-state index < -0.39 is 21.8 Å². The van der Waals surface area contributed by atoms with Crippen LogP contribution in [0, 0.1) is 6.92 Å². The van der Waals surface area contributed by atoms with Gasteiger partial charge in [0.05, 0.1) is 22.6 Å². The van der Waals surface area contributed by atoms with Crippen molar-refractivity contribution >= 4 is 27.5 Å². The number of sulfonamides is 1. The van der Waals surface area contributed by atoms with Crippen LogP contribution < -0.4 is 4.31 Å². The smallest absolute Gasteiger partial charge is 0.261 e. The Morgan fingerprint density at radius 3 is 2.27 bits per heavy atom. The Labute approximate surface area is 153 Å². The number of amides is 2. The molecule has 0 N–H and O–H groups in total. The van der Waals surface area contributed by atoms with Gasteiger partial charge >= 0.3 is 0 Å². The Morgan fingerprint density at radius 2 is 1.62 bits per heavy atom. The summed E-state index contributed by atoms with van der Waals surface area (Å²) in [7, 11) is -3.67. The molecule has 1 heterocycles. The molecule has 7 heteroatoms. The third-order valence-corrected chi connectivity index (χ3v) is 6.21. The first-order valence-corrected chi connectivity index (χ1v) is 9.98. The average molecular weight is 372 g/mol. The number of fused-ring (bicyclic) bond motifs is 1. The van der Waals surface area contributed by atoms with Crippen LogP contribution in [-0.2, 0) is 10.0 Å². The molecule has 0 bridgehead atoms. The molecule has 1 aliphatic heterocycles. The zero-order valence-corrected chi connectivity index (χ0v) is 15.5. The number of para-hydroxylation sites is 1. The first-order chi connectivity index (χ1) is 12.3. The van der Waals surface area contributed by atoms with Gasteiger partial charge in [-0.2, -0.15) is 0 Å². The molecule has 0 fully saturated rings. The van der Waals surface area contributed by atoms with Crippen LogP contribution in [0.25, 0.3) is 0 Å². The largest absolute Gasteiger partial charge is 0.273 e. The lowest BCUT2D eigenvalue weighted by atomic mass is 10.1. The summed E-state index contributed by atoms with van der Waals surface area (Å²) in [6, 6.07) is 13.8. The van der Waals surface area contributed by atoms with E-state index in [-0.39, 0.29) is 18.8 Å². The van der Waals surface area contributed by atoms with Gasteiger partial charge in [0.2, 0.25) is 10.0 Å². The van der Waals surface area contributed by atoms with Gasteiger partial charge in [-0.25, -0.2) is 8.42 Å². The molecule has 0 radical (unpaired) electrons. The highest BCUT2D eigenvalue weighted by molar-refractivity contribution is 7.92. The molecule has 0 aliphatic carbocycles. The van der Waals surface area contributed by atoms with Gasteiger partial charge in [-0.15, -0.1) is 0 Å². The molecule has 2 aromatic rings. The van der Waals surface area contributed by atoms with E-state index >= 15 is 0 Å². The maximum Gasteiger partial charge on any atom is 0.261 e. The lowest BCUT2D eigenvalue weighted by Crippen LogP contribution is -2.39. The number of carbonyl (C=O) groups excluding carboxylic acids is 2. The van der Waals surface area contributed by atoms with Crippen molar-refractivity contribution in [3.8, 4) is 0 Å². The van der Waals surface area contributed by atoms with Gasteiger partial charge in [0.1, 0.15) is 0 Å². The van der Waals surface area contributed by atoms with Crippen LogP contribution >= 0.6 is 0 Å². The normalized spacial score (nSPS) is 13.8. The Morgan fingerprint density at radius 1 is 0.962 bits per heavy atom. The third-order valence-electron chi connectivity index (χ3n) is 4.37. The van der Waals surface area contributed by atoms with Crippen LogP contribution in [0.1, 0.15) is 33.2 Å². The average Bonchev–Trinajstić information content (AvgIpc) is 2.85. The van der Waals surface area contributed by atoms with E-state index in [0.29, 0.717) is 16.8 Å². The van der Waals surface area contributed by atoms with Crippen molar-refractivity contribution in [3.05, 3.63) is 65.2 Å². The van der Waals surface area contributed by atoms with Crippen LogP contribution in [0.5, 0.6) is 0 Å². The molecule has 0 atom stereocenters. The predicted octanol–water partition coefficient (Wildman–Crippen LogP) is 2.45. The molecule has 26 heavy (non-hydrogen) atoms. The summed E-state index contributed by atoms with van der Waals surface area (Å²) in [6.45, 7) is 3.68. The quantitative estimate of drug-likeness (QED) is 0.730. The van der Waals surface area contributed by atoms with E-state index in [1.807, 2.05) is 13.0 Å². The number of rotatable bonds is 6. The fraction of sp³-hybridized carbons (Fsp3) is 0.263. The molecule has 0 aromatic heterocycles.